The Balaban J connectivity index is 1.31. The van der Waals surface area contributed by atoms with Crippen molar-refractivity contribution in [2.45, 2.75) is 0 Å². The van der Waals surface area contributed by atoms with Crippen molar-refractivity contribution in [3.05, 3.63) is 152 Å². The summed E-state index contributed by atoms with van der Waals surface area (Å²) in [5, 5.41) is 12.5. The number of rotatable bonds is 3. The molecule has 0 radical (unpaired) electrons. The zero-order valence-electron chi connectivity index (χ0n) is 26.7. The van der Waals surface area contributed by atoms with Gasteiger partial charge >= 0.3 is 0 Å². The SMILES string of the molecule is c1ccc(-c2nc(-c3ccccc3)nc(-n3c4ccc5cccc6c5c4c4c5c(ccc7c8c9ccccc9ccc8n6c75)ccc43)n2)cc1. The van der Waals surface area contributed by atoms with E-state index in [0.29, 0.717) is 17.6 Å². The predicted octanol–water partition coefficient (Wildman–Crippen LogP) is 11.2. The predicted molar refractivity (Wildman–Crippen MR) is 206 cm³/mol. The van der Waals surface area contributed by atoms with Gasteiger partial charge in [0, 0.05) is 43.4 Å². The van der Waals surface area contributed by atoms with Crippen LogP contribution in [0.2, 0.25) is 0 Å². The summed E-state index contributed by atoms with van der Waals surface area (Å²) in [6, 6.07) is 54.0. The van der Waals surface area contributed by atoms with Crippen molar-refractivity contribution in [1.29, 1.82) is 0 Å². The maximum Gasteiger partial charge on any atom is 0.238 e. The quantitative estimate of drug-likeness (QED) is 0.194. The molecule has 0 atom stereocenters. The molecule has 0 unspecified atom stereocenters. The molecule has 0 saturated carbocycles. The van der Waals surface area contributed by atoms with Crippen LogP contribution in [0.5, 0.6) is 0 Å². The molecule has 0 N–H and O–H groups in total. The van der Waals surface area contributed by atoms with Gasteiger partial charge in [-0.05, 0) is 45.8 Å². The molecule has 8 aromatic carbocycles. The van der Waals surface area contributed by atoms with E-state index >= 15 is 0 Å². The van der Waals surface area contributed by atoms with Crippen LogP contribution >= 0.6 is 0 Å². The zero-order chi connectivity index (χ0) is 32.5. The van der Waals surface area contributed by atoms with Crippen molar-refractivity contribution in [3.8, 4) is 28.7 Å². The van der Waals surface area contributed by atoms with Gasteiger partial charge in [0.1, 0.15) is 0 Å². The molecule has 5 nitrogen and oxygen atoms in total. The second-order valence-corrected chi connectivity index (χ2v) is 13.2. The smallest absolute Gasteiger partial charge is 0.238 e. The molecule has 0 spiro atoms. The fourth-order valence-electron chi connectivity index (χ4n) is 8.58. The molecule has 5 heteroatoms. The highest BCUT2D eigenvalue weighted by Crippen LogP contribution is 2.48. The van der Waals surface area contributed by atoms with E-state index in [9.17, 15) is 0 Å². The van der Waals surface area contributed by atoms with E-state index in [4.69, 9.17) is 15.0 Å². The average molecular weight is 636 g/mol. The molecule has 0 aliphatic rings. The molecule has 0 saturated heterocycles. The van der Waals surface area contributed by atoms with Gasteiger partial charge in [-0.1, -0.05) is 127 Å². The van der Waals surface area contributed by atoms with Crippen molar-refractivity contribution < 1.29 is 0 Å². The molecule has 50 heavy (non-hydrogen) atoms. The monoisotopic (exact) mass is 635 g/mol. The molecular weight excluding hydrogens is 611 g/mol. The average Bonchev–Trinajstić information content (AvgIpc) is 3.67. The second-order valence-electron chi connectivity index (χ2n) is 13.2. The third-order valence-corrected chi connectivity index (χ3v) is 10.6. The third-order valence-electron chi connectivity index (χ3n) is 10.6. The van der Waals surface area contributed by atoms with Crippen LogP contribution in [-0.4, -0.2) is 23.9 Å². The van der Waals surface area contributed by atoms with Crippen LogP contribution in [0.3, 0.4) is 0 Å². The van der Waals surface area contributed by atoms with Crippen LogP contribution in [-0.2, 0) is 0 Å². The number of benzene rings is 8. The summed E-state index contributed by atoms with van der Waals surface area (Å²) in [5.74, 6) is 1.90. The van der Waals surface area contributed by atoms with Gasteiger partial charge in [0.05, 0.1) is 27.6 Å². The van der Waals surface area contributed by atoms with Crippen molar-refractivity contribution in [2.75, 3.05) is 0 Å². The normalized spacial score (nSPS) is 12.4. The second kappa shape index (κ2) is 9.40. The van der Waals surface area contributed by atoms with Crippen molar-refractivity contribution in [2.24, 2.45) is 0 Å². The van der Waals surface area contributed by atoms with Crippen LogP contribution in [0.1, 0.15) is 0 Å². The van der Waals surface area contributed by atoms with Crippen molar-refractivity contribution in [3.63, 3.8) is 0 Å². The van der Waals surface area contributed by atoms with Gasteiger partial charge in [0.15, 0.2) is 11.6 Å². The largest absolute Gasteiger partial charge is 0.308 e. The fourth-order valence-corrected chi connectivity index (χ4v) is 8.58. The molecule has 4 heterocycles. The van der Waals surface area contributed by atoms with Gasteiger partial charge < -0.3 is 4.40 Å². The zero-order valence-corrected chi connectivity index (χ0v) is 26.7. The van der Waals surface area contributed by atoms with Crippen LogP contribution in [0, 0.1) is 0 Å². The van der Waals surface area contributed by atoms with Crippen LogP contribution in [0.25, 0.3) is 110 Å². The van der Waals surface area contributed by atoms with Gasteiger partial charge in [0.2, 0.25) is 5.95 Å². The lowest BCUT2D eigenvalue weighted by molar-refractivity contribution is 0.954. The standard InChI is InChI=1S/C45H25N5/c1-3-11-29(12-4-1)43-46-44(30-13-5-2-6-14-30)48-45(47-43)50-35-24-20-27-15-9-17-33-37(27)40(35)41-36(50)25-21-28-18-22-32-39-31-16-8-7-10-26(31)19-23-34(39)49(33)42(32)38(28)41/h1-25H. The van der Waals surface area contributed by atoms with Gasteiger partial charge in [-0.3, -0.25) is 4.57 Å². The molecule has 12 rings (SSSR count). The summed E-state index contributed by atoms with van der Waals surface area (Å²) in [6.07, 6.45) is 0. The highest BCUT2D eigenvalue weighted by Gasteiger charge is 2.26. The number of aromatic nitrogens is 5. The first-order valence-electron chi connectivity index (χ1n) is 17.0. The van der Waals surface area contributed by atoms with Crippen LogP contribution in [0.15, 0.2) is 152 Å². The molecule has 4 aromatic heterocycles. The number of hydrogen-bond acceptors (Lipinski definition) is 3. The molecule has 230 valence electrons. The Morgan fingerprint density at radius 2 is 0.900 bits per heavy atom. The molecule has 0 fully saturated rings. The highest BCUT2D eigenvalue weighted by molar-refractivity contribution is 6.38. The molecular formula is C45H25N5. The first-order valence-corrected chi connectivity index (χ1v) is 17.0. The fraction of sp³-hybridized carbons (Fsp3) is 0. The van der Waals surface area contributed by atoms with Crippen LogP contribution in [0.4, 0.5) is 0 Å². The number of nitrogens with zero attached hydrogens (tertiary/aromatic N) is 5. The number of fused-ring (bicyclic) bond motifs is 6. The summed E-state index contributed by atoms with van der Waals surface area (Å²) in [7, 11) is 0. The van der Waals surface area contributed by atoms with Crippen molar-refractivity contribution >= 4 is 81.4 Å². The molecule has 0 bridgehead atoms. The molecule has 0 aliphatic carbocycles. The summed E-state index contributed by atoms with van der Waals surface area (Å²) >= 11 is 0. The van der Waals surface area contributed by atoms with E-state index in [0.717, 1.165) is 22.2 Å². The molecule has 0 amide bonds. The Kier molecular flexibility index (Phi) is 4.91. The van der Waals surface area contributed by atoms with Crippen LogP contribution < -0.4 is 0 Å². The lowest BCUT2D eigenvalue weighted by atomic mass is 9.97. The molecule has 0 aliphatic heterocycles. The third kappa shape index (κ3) is 3.28. The van der Waals surface area contributed by atoms with Gasteiger partial charge in [-0.15, -0.1) is 0 Å². The lowest BCUT2D eigenvalue weighted by Crippen LogP contribution is -2.06. The van der Waals surface area contributed by atoms with E-state index < -0.39 is 0 Å². The van der Waals surface area contributed by atoms with E-state index in [1.807, 2.05) is 36.4 Å². The van der Waals surface area contributed by atoms with E-state index in [1.165, 1.54) is 70.4 Å². The topological polar surface area (TPSA) is 48.0 Å². The molecule has 12 aromatic rings. The summed E-state index contributed by atoms with van der Waals surface area (Å²) in [5.41, 5.74) is 7.72. The number of hydrogen-bond donors (Lipinski definition) is 0. The Labute approximate surface area is 285 Å². The summed E-state index contributed by atoms with van der Waals surface area (Å²) < 4.78 is 4.78. The minimum absolute atomic E-state index is 0.605. The Bertz CT molecular complexity index is 3240. The van der Waals surface area contributed by atoms with Crippen molar-refractivity contribution in [1.82, 2.24) is 23.9 Å². The maximum atomic E-state index is 5.21. The van der Waals surface area contributed by atoms with Gasteiger partial charge in [0.25, 0.3) is 0 Å². The highest BCUT2D eigenvalue weighted by atomic mass is 15.2. The minimum Gasteiger partial charge on any atom is -0.308 e. The maximum absolute atomic E-state index is 5.21. The van der Waals surface area contributed by atoms with E-state index in [-0.39, 0.29) is 0 Å². The van der Waals surface area contributed by atoms with E-state index in [2.05, 4.69) is 124 Å². The van der Waals surface area contributed by atoms with Gasteiger partial charge in [-0.2, -0.15) is 9.97 Å². The summed E-state index contributed by atoms with van der Waals surface area (Å²) in [4.78, 5) is 15.4. The first-order chi connectivity index (χ1) is 24.8. The summed E-state index contributed by atoms with van der Waals surface area (Å²) in [6.45, 7) is 0. The van der Waals surface area contributed by atoms with Gasteiger partial charge in [-0.25, -0.2) is 4.98 Å². The minimum atomic E-state index is 0.605. The lowest BCUT2D eigenvalue weighted by Gasteiger charge is -2.12. The first kappa shape index (κ1) is 26.1. The van der Waals surface area contributed by atoms with E-state index in [1.54, 1.807) is 0 Å². The Morgan fingerprint density at radius 3 is 1.64 bits per heavy atom. The Morgan fingerprint density at radius 1 is 0.340 bits per heavy atom. The Hall–Kier alpha value is -6.85.